The fourth-order valence-corrected chi connectivity index (χ4v) is 5.09. The Hall–Kier alpha value is -2.91. The molecule has 3 N–H and O–H groups in total. The lowest BCUT2D eigenvalue weighted by Crippen LogP contribution is -2.38. The van der Waals surface area contributed by atoms with E-state index in [2.05, 4.69) is 5.32 Å². The number of nitrogens with one attached hydrogen (secondary N) is 1. The van der Waals surface area contributed by atoms with Crippen LogP contribution in [0.3, 0.4) is 0 Å². The molecule has 2 aromatic carbocycles. The van der Waals surface area contributed by atoms with Crippen molar-refractivity contribution in [3.63, 3.8) is 0 Å². The molecule has 0 saturated heterocycles. The summed E-state index contributed by atoms with van der Waals surface area (Å²) in [6, 6.07) is 12.5. The molecular weight excluding hydrogens is 418 g/mol. The molecule has 0 heterocycles. The number of anilines is 1. The molecule has 3 rings (SSSR count). The van der Waals surface area contributed by atoms with Crippen LogP contribution in [0.5, 0.6) is 5.75 Å². The zero-order valence-electron chi connectivity index (χ0n) is 17.4. The van der Waals surface area contributed by atoms with Crippen LogP contribution in [0.1, 0.15) is 42.5 Å². The van der Waals surface area contributed by atoms with Crippen molar-refractivity contribution < 1.29 is 22.7 Å². The van der Waals surface area contributed by atoms with Gasteiger partial charge in [0.2, 0.25) is 10.0 Å². The Morgan fingerprint density at radius 2 is 1.81 bits per heavy atom. The van der Waals surface area contributed by atoms with Crippen LogP contribution in [0, 0.1) is 0 Å². The summed E-state index contributed by atoms with van der Waals surface area (Å²) >= 11 is 0. The van der Waals surface area contributed by atoms with E-state index in [1.165, 1.54) is 16.4 Å². The van der Waals surface area contributed by atoms with Crippen LogP contribution >= 0.6 is 0 Å². The molecular formula is C22H27N3O5S. The summed E-state index contributed by atoms with van der Waals surface area (Å²) < 4.78 is 32.8. The second-order valence-electron chi connectivity index (χ2n) is 7.58. The molecule has 0 radical (unpaired) electrons. The lowest BCUT2D eigenvalue weighted by Gasteiger charge is -2.30. The molecule has 0 bridgehead atoms. The zero-order valence-corrected chi connectivity index (χ0v) is 18.2. The Balaban J connectivity index is 1.74. The first-order valence-electron chi connectivity index (χ1n) is 10.2. The predicted octanol–water partition coefficient (Wildman–Crippen LogP) is 2.76. The lowest BCUT2D eigenvalue weighted by molar-refractivity contribution is -0.119. The highest BCUT2D eigenvalue weighted by atomic mass is 32.2. The monoisotopic (exact) mass is 445 g/mol. The lowest BCUT2D eigenvalue weighted by atomic mass is 9.96. The first kappa shape index (κ1) is 22.8. The smallest absolute Gasteiger partial charge is 0.255 e. The summed E-state index contributed by atoms with van der Waals surface area (Å²) in [5, 5.41) is 2.71. The number of carbonyl (C=O) groups excluding carboxylic acids is 2. The number of sulfonamides is 1. The van der Waals surface area contributed by atoms with Gasteiger partial charge in [-0.1, -0.05) is 31.4 Å². The number of nitrogens with two attached hydrogens (primary N) is 1. The van der Waals surface area contributed by atoms with Gasteiger partial charge in [-0.15, -0.1) is 0 Å². The topological polar surface area (TPSA) is 119 Å². The van der Waals surface area contributed by atoms with Crippen LogP contribution in [-0.2, 0) is 14.8 Å². The van der Waals surface area contributed by atoms with Gasteiger partial charge in [0.25, 0.3) is 11.8 Å². The SMILES string of the molecule is CN(C1CCCCC1)S(=O)(=O)c1cccc(C(=O)Nc2cccc(OCC(N)=O)c2)c1. The minimum Gasteiger partial charge on any atom is -0.484 e. The highest BCUT2D eigenvalue weighted by Crippen LogP contribution is 2.27. The summed E-state index contributed by atoms with van der Waals surface area (Å²) in [7, 11) is -2.09. The first-order chi connectivity index (χ1) is 14.8. The molecule has 0 aliphatic heterocycles. The van der Waals surface area contributed by atoms with Crippen molar-refractivity contribution in [3.05, 3.63) is 54.1 Å². The minimum absolute atomic E-state index is 0.0145. The van der Waals surface area contributed by atoms with E-state index < -0.39 is 21.8 Å². The van der Waals surface area contributed by atoms with Crippen molar-refractivity contribution in [2.45, 2.75) is 43.0 Å². The number of primary amides is 1. The summed E-state index contributed by atoms with van der Waals surface area (Å²) in [6.07, 6.45) is 4.88. The van der Waals surface area contributed by atoms with Gasteiger partial charge in [-0.3, -0.25) is 9.59 Å². The summed E-state index contributed by atoms with van der Waals surface area (Å²) in [5.41, 5.74) is 5.73. The Morgan fingerprint density at radius 3 is 2.52 bits per heavy atom. The third-order valence-corrected chi connectivity index (χ3v) is 7.24. The number of amides is 2. The molecule has 0 aromatic heterocycles. The van der Waals surface area contributed by atoms with E-state index in [0.717, 1.165) is 32.1 Å². The van der Waals surface area contributed by atoms with E-state index >= 15 is 0 Å². The molecule has 0 spiro atoms. The van der Waals surface area contributed by atoms with Gasteiger partial charge in [0.1, 0.15) is 5.75 Å². The van der Waals surface area contributed by atoms with Crippen molar-refractivity contribution in [1.82, 2.24) is 4.31 Å². The molecule has 31 heavy (non-hydrogen) atoms. The van der Waals surface area contributed by atoms with Crippen LogP contribution in [-0.4, -0.2) is 44.2 Å². The fourth-order valence-electron chi connectivity index (χ4n) is 3.63. The van der Waals surface area contributed by atoms with Gasteiger partial charge in [0.15, 0.2) is 6.61 Å². The van der Waals surface area contributed by atoms with Crippen LogP contribution in [0.25, 0.3) is 0 Å². The van der Waals surface area contributed by atoms with E-state index in [9.17, 15) is 18.0 Å². The molecule has 1 fully saturated rings. The van der Waals surface area contributed by atoms with Crippen LogP contribution in [0.15, 0.2) is 53.4 Å². The molecule has 2 amide bonds. The molecule has 9 heteroatoms. The summed E-state index contributed by atoms with van der Waals surface area (Å²) in [4.78, 5) is 23.7. The van der Waals surface area contributed by atoms with Crippen molar-refractivity contribution in [2.24, 2.45) is 5.73 Å². The van der Waals surface area contributed by atoms with E-state index in [4.69, 9.17) is 10.5 Å². The standard InChI is InChI=1S/C22H27N3O5S/c1-25(18-9-3-2-4-10-18)31(28,29)20-12-5-7-16(13-20)22(27)24-17-8-6-11-19(14-17)30-15-21(23)26/h5-8,11-14,18H,2-4,9-10,15H2,1H3,(H2,23,26)(H,24,27). The number of carbonyl (C=O) groups is 2. The van der Waals surface area contributed by atoms with Crippen molar-refractivity contribution in [2.75, 3.05) is 19.0 Å². The van der Waals surface area contributed by atoms with Gasteiger partial charge < -0.3 is 15.8 Å². The molecule has 2 aromatic rings. The Kier molecular flexibility index (Phi) is 7.29. The van der Waals surface area contributed by atoms with Gasteiger partial charge >= 0.3 is 0 Å². The fraction of sp³-hybridized carbons (Fsp3) is 0.364. The van der Waals surface area contributed by atoms with Gasteiger partial charge in [0.05, 0.1) is 4.90 Å². The van der Waals surface area contributed by atoms with Crippen molar-refractivity contribution in [1.29, 1.82) is 0 Å². The second-order valence-corrected chi connectivity index (χ2v) is 9.58. The van der Waals surface area contributed by atoms with Crippen LogP contribution in [0.2, 0.25) is 0 Å². The summed E-state index contributed by atoms with van der Waals surface area (Å²) in [6.45, 7) is -0.272. The Bertz CT molecular complexity index is 1050. The highest BCUT2D eigenvalue weighted by Gasteiger charge is 2.29. The molecule has 1 aliphatic rings. The molecule has 0 unspecified atom stereocenters. The number of nitrogens with zero attached hydrogens (tertiary/aromatic N) is 1. The maximum Gasteiger partial charge on any atom is 0.255 e. The average molecular weight is 446 g/mol. The van der Waals surface area contributed by atoms with E-state index in [0.29, 0.717) is 11.4 Å². The normalized spacial score (nSPS) is 14.9. The zero-order chi connectivity index (χ0) is 22.4. The number of hydrogen-bond donors (Lipinski definition) is 2. The predicted molar refractivity (Wildman–Crippen MR) is 117 cm³/mol. The third kappa shape index (κ3) is 5.83. The summed E-state index contributed by atoms with van der Waals surface area (Å²) in [5.74, 6) is -0.683. The minimum atomic E-state index is -3.70. The number of hydrogen-bond acceptors (Lipinski definition) is 5. The highest BCUT2D eigenvalue weighted by molar-refractivity contribution is 7.89. The first-order valence-corrected chi connectivity index (χ1v) is 11.6. The molecule has 166 valence electrons. The molecule has 8 nitrogen and oxygen atoms in total. The second kappa shape index (κ2) is 9.93. The molecule has 1 aliphatic carbocycles. The number of benzene rings is 2. The molecule has 0 atom stereocenters. The Morgan fingerprint density at radius 1 is 1.10 bits per heavy atom. The van der Waals surface area contributed by atoms with Crippen LogP contribution < -0.4 is 15.8 Å². The van der Waals surface area contributed by atoms with E-state index in [-0.39, 0.29) is 23.1 Å². The van der Waals surface area contributed by atoms with Gasteiger partial charge in [-0.25, -0.2) is 8.42 Å². The molecule has 1 saturated carbocycles. The van der Waals surface area contributed by atoms with Gasteiger partial charge in [-0.05, 0) is 43.2 Å². The quantitative estimate of drug-likeness (QED) is 0.648. The van der Waals surface area contributed by atoms with Crippen molar-refractivity contribution in [3.8, 4) is 5.75 Å². The van der Waals surface area contributed by atoms with Crippen molar-refractivity contribution >= 4 is 27.5 Å². The van der Waals surface area contributed by atoms with Gasteiger partial charge in [0, 0.05) is 30.4 Å². The average Bonchev–Trinajstić information content (AvgIpc) is 2.78. The third-order valence-electron chi connectivity index (χ3n) is 5.34. The largest absolute Gasteiger partial charge is 0.484 e. The van der Waals surface area contributed by atoms with Gasteiger partial charge in [-0.2, -0.15) is 4.31 Å². The van der Waals surface area contributed by atoms with Crippen LogP contribution in [0.4, 0.5) is 5.69 Å². The Labute approximate surface area is 182 Å². The number of rotatable bonds is 8. The maximum atomic E-state index is 13.1. The maximum absolute atomic E-state index is 13.1. The van der Waals surface area contributed by atoms with E-state index in [1.807, 2.05) is 0 Å². The van der Waals surface area contributed by atoms with E-state index in [1.54, 1.807) is 43.4 Å². The number of ether oxygens (including phenoxy) is 1.